The Morgan fingerprint density at radius 1 is 0.241 bits per heavy atom. The number of ether oxygens (including phenoxy) is 3. The number of allylic oxidation sites excluding steroid dienone is 12. The van der Waals surface area contributed by atoms with Gasteiger partial charge < -0.3 is 14.2 Å². The van der Waals surface area contributed by atoms with E-state index in [1.165, 1.54) is 250 Å². The van der Waals surface area contributed by atoms with Crippen molar-refractivity contribution in [3.05, 3.63) is 72.9 Å². The normalized spacial score (nSPS) is 12.5. The highest BCUT2D eigenvalue weighted by molar-refractivity contribution is 5.71. The van der Waals surface area contributed by atoms with Crippen LogP contribution in [0.25, 0.3) is 0 Å². The van der Waals surface area contributed by atoms with Gasteiger partial charge in [-0.3, -0.25) is 14.4 Å². The Morgan fingerprint density at radius 2 is 0.434 bits per heavy atom. The maximum atomic E-state index is 13.0. The quantitative estimate of drug-likeness (QED) is 0.0261. The van der Waals surface area contributed by atoms with E-state index < -0.39 is 6.10 Å². The largest absolute Gasteiger partial charge is 0.462 e. The summed E-state index contributed by atoms with van der Waals surface area (Å²) < 4.78 is 17.0. The van der Waals surface area contributed by atoms with Gasteiger partial charge >= 0.3 is 17.9 Å². The van der Waals surface area contributed by atoms with Gasteiger partial charge in [0.25, 0.3) is 0 Å². The molecule has 1 unspecified atom stereocenters. The summed E-state index contributed by atoms with van der Waals surface area (Å²) in [4.78, 5) is 38.5. The van der Waals surface area contributed by atoms with Gasteiger partial charge in [-0.2, -0.15) is 0 Å². The van der Waals surface area contributed by atoms with Crippen LogP contribution in [0.3, 0.4) is 0 Å². The van der Waals surface area contributed by atoms with Crippen molar-refractivity contribution in [3.8, 4) is 0 Å². The summed E-state index contributed by atoms with van der Waals surface area (Å²) in [5.41, 5.74) is 0. The molecule has 6 nitrogen and oxygen atoms in total. The minimum Gasteiger partial charge on any atom is -0.462 e. The van der Waals surface area contributed by atoms with Gasteiger partial charge in [0.2, 0.25) is 0 Å². The van der Waals surface area contributed by atoms with Gasteiger partial charge in [0.05, 0.1) is 0 Å². The Hall–Kier alpha value is -3.15. The van der Waals surface area contributed by atoms with E-state index in [9.17, 15) is 14.4 Å². The lowest BCUT2D eigenvalue weighted by Crippen LogP contribution is -2.30. The molecule has 0 bridgehead atoms. The topological polar surface area (TPSA) is 78.9 Å². The molecule has 0 aromatic heterocycles. The molecule has 0 aromatic rings. The third-order valence-corrected chi connectivity index (χ3v) is 16.2. The number of hydrogen-bond acceptors (Lipinski definition) is 6. The van der Waals surface area contributed by atoms with Crippen molar-refractivity contribution in [2.75, 3.05) is 13.2 Å². The van der Waals surface area contributed by atoms with Gasteiger partial charge in [-0.05, 0) is 116 Å². The lowest BCUT2D eigenvalue weighted by atomic mass is 10.0. The third kappa shape index (κ3) is 69.5. The van der Waals surface area contributed by atoms with E-state index in [-0.39, 0.29) is 31.1 Å². The summed E-state index contributed by atoms with van der Waals surface area (Å²) in [6, 6.07) is 0. The van der Waals surface area contributed by atoms with Crippen molar-refractivity contribution in [1.29, 1.82) is 0 Å². The molecule has 0 amide bonds. The number of esters is 3. The highest BCUT2D eigenvalue weighted by atomic mass is 16.6. The highest BCUT2D eigenvalue weighted by Gasteiger charge is 2.19. The molecule has 0 rings (SSSR count). The fraction of sp³-hybridized carbons (Fsp3) is 0.805. The average Bonchev–Trinajstić information content (AvgIpc) is 3.49. The number of unbranched alkanes of at least 4 members (excludes halogenated alkanes) is 44. The molecule has 0 aromatic carbocycles. The SMILES string of the molecule is CCCCC/C=C\C/C=C\CCCCCCCC(=O)OCC(COC(=O)CCCCCCCCCCCCCCC/C=C\C/C=C\CCCCCCC)OC(=O)CCCCCCCCCCCCCCC/C=C\C/C=C\CCCCCCC. The fourth-order valence-corrected chi connectivity index (χ4v) is 10.7. The van der Waals surface area contributed by atoms with Crippen LogP contribution >= 0.6 is 0 Å². The van der Waals surface area contributed by atoms with Crippen LogP contribution in [-0.4, -0.2) is 37.2 Å². The summed E-state index contributed by atoms with van der Waals surface area (Å²) in [5.74, 6) is -0.872. The van der Waals surface area contributed by atoms with Crippen molar-refractivity contribution >= 4 is 17.9 Å². The van der Waals surface area contributed by atoms with Crippen LogP contribution in [0.15, 0.2) is 72.9 Å². The second-order valence-electron chi connectivity index (χ2n) is 24.5. The molecule has 1 atom stereocenters. The Kier molecular flexibility index (Phi) is 68.6. The summed E-state index contributed by atoms with van der Waals surface area (Å²) in [7, 11) is 0. The molecule has 0 radical (unpaired) electrons. The molecule has 0 saturated carbocycles. The Balaban J connectivity index is 4.30. The third-order valence-electron chi connectivity index (χ3n) is 16.2. The van der Waals surface area contributed by atoms with Crippen molar-refractivity contribution in [2.24, 2.45) is 0 Å². The van der Waals surface area contributed by atoms with E-state index in [2.05, 4.69) is 93.7 Å². The van der Waals surface area contributed by atoms with Gasteiger partial charge in [0.1, 0.15) is 13.2 Å². The van der Waals surface area contributed by atoms with Gasteiger partial charge in [-0.15, -0.1) is 0 Å². The van der Waals surface area contributed by atoms with Crippen LogP contribution in [0.1, 0.15) is 380 Å². The zero-order valence-electron chi connectivity index (χ0n) is 55.5. The van der Waals surface area contributed by atoms with Crippen molar-refractivity contribution in [3.63, 3.8) is 0 Å². The van der Waals surface area contributed by atoms with Crippen LogP contribution < -0.4 is 0 Å². The predicted octanol–water partition coefficient (Wildman–Crippen LogP) is 25.2. The van der Waals surface area contributed by atoms with Gasteiger partial charge in [0.15, 0.2) is 6.10 Å². The molecule has 0 heterocycles. The minimum atomic E-state index is -0.784. The number of carbonyl (C=O) groups excluding carboxylic acids is 3. The van der Waals surface area contributed by atoms with Crippen LogP contribution in [0.5, 0.6) is 0 Å². The molecule has 0 N–H and O–H groups in total. The first kappa shape index (κ1) is 79.8. The van der Waals surface area contributed by atoms with Gasteiger partial charge in [0, 0.05) is 19.3 Å². The Morgan fingerprint density at radius 3 is 0.687 bits per heavy atom. The first-order valence-corrected chi connectivity index (χ1v) is 36.4. The smallest absolute Gasteiger partial charge is 0.306 e. The van der Waals surface area contributed by atoms with E-state index >= 15 is 0 Å². The number of carbonyl (C=O) groups is 3. The fourth-order valence-electron chi connectivity index (χ4n) is 10.7. The molecule has 6 heteroatoms. The molecular weight excluding hydrogens is 1020 g/mol. The van der Waals surface area contributed by atoms with E-state index in [0.717, 1.165) is 89.9 Å². The molecule has 0 aliphatic carbocycles. The summed E-state index contributed by atoms with van der Waals surface area (Å²) in [5, 5.41) is 0. The van der Waals surface area contributed by atoms with Crippen LogP contribution in [0.2, 0.25) is 0 Å². The first-order chi connectivity index (χ1) is 41.0. The zero-order chi connectivity index (χ0) is 59.9. The molecule has 0 spiro atoms. The van der Waals surface area contributed by atoms with Gasteiger partial charge in [-0.1, -0.05) is 318 Å². The molecule has 0 aliphatic rings. The Bertz CT molecular complexity index is 1520. The number of rotatable bonds is 67. The van der Waals surface area contributed by atoms with E-state index in [0.29, 0.717) is 19.3 Å². The molecule has 0 aliphatic heterocycles. The first-order valence-electron chi connectivity index (χ1n) is 36.4. The lowest BCUT2D eigenvalue weighted by molar-refractivity contribution is -0.167. The molecule has 0 fully saturated rings. The molecule has 0 saturated heterocycles. The number of hydrogen-bond donors (Lipinski definition) is 0. The van der Waals surface area contributed by atoms with Crippen molar-refractivity contribution < 1.29 is 28.6 Å². The summed E-state index contributed by atoms with van der Waals surface area (Å²) in [6.07, 6.45) is 93.6. The summed E-state index contributed by atoms with van der Waals surface area (Å²) >= 11 is 0. The minimum absolute atomic E-state index is 0.0778. The standard InChI is InChI=1S/C77H138O6/c1-4-7-10-13-16-19-22-25-28-30-32-34-36-38-40-42-44-46-49-52-55-58-61-64-67-70-76(79)82-73-74(72-81-75(78)69-66-63-60-57-54-51-48-27-24-21-18-15-12-9-6-3)83-77(80)71-68-65-62-59-56-53-50-47-45-43-41-39-37-35-33-31-29-26-23-20-17-14-11-8-5-2/h18,21-23,25-27,30-33,48,74H,4-17,19-20,24,28-29,34-47,49-73H2,1-3H3/b21-18-,25-22-,26-23-,32-30-,33-31-,48-27-. The van der Waals surface area contributed by atoms with E-state index in [1.807, 2.05) is 0 Å². The predicted molar refractivity (Wildman–Crippen MR) is 362 cm³/mol. The second-order valence-corrected chi connectivity index (χ2v) is 24.5. The van der Waals surface area contributed by atoms with Crippen LogP contribution in [-0.2, 0) is 28.6 Å². The van der Waals surface area contributed by atoms with E-state index in [1.54, 1.807) is 0 Å². The maximum Gasteiger partial charge on any atom is 0.306 e. The van der Waals surface area contributed by atoms with Crippen LogP contribution in [0, 0.1) is 0 Å². The highest BCUT2D eigenvalue weighted by Crippen LogP contribution is 2.18. The van der Waals surface area contributed by atoms with Crippen LogP contribution in [0.4, 0.5) is 0 Å². The Labute approximate surface area is 516 Å². The molecule has 482 valence electrons. The monoisotopic (exact) mass is 1160 g/mol. The molecular formula is C77H138O6. The second kappa shape index (κ2) is 71.3. The van der Waals surface area contributed by atoms with Crippen molar-refractivity contribution in [2.45, 2.75) is 386 Å². The maximum absolute atomic E-state index is 13.0. The van der Waals surface area contributed by atoms with E-state index in [4.69, 9.17) is 14.2 Å². The summed E-state index contributed by atoms with van der Waals surface area (Å²) in [6.45, 7) is 6.64. The lowest BCUT2D eigenvalue weighted by Gasteiger charge is -2.18. The average molecular weight is 1160 g/mol. The van der Waals surface area contributed by atoms with Crippen molar-refractivity contribution in [1.82, 2.24) is 0 Å². The van der Waals surface area contributed by atoms with Gasteiger partial charge in [-0.25, -0.2) is 0 Å². The molecule has 83 heavy (non-hydrogen) atoms. The zero-order valence-corrected chi connectivity index (χ0v) is 55.5.